The van der Waals surface area contributed by atoms with E-state index in [1.54, 1.807) is 11.3 Å². The van der Waals surface area contributed by atoms with Crippen molar-refractivity contribution in [3.05, 3.63) is 16.6 Å². The molecule has 1 atom stereocenters. The zero-order chi connectivity index (χ0) is 14.3. The van der Waals surface area contributed by atoms with E-state index in [9.17, 15) is 4.79 Å². The highest BCUT2D eigenvalue weighted by atomic mass is 32.2. The zero-order valence-electron chi connectivity index (χ0n) is 12.0. The molecule has 0 spiro atoms. The van der Waals surface area contributed by atoms with Crippen LogP contribution in [0.2, 0.25) is 0 Å². The molecule has 20 heavy (non-hydrogen) atoms. The third kappa shape index (κ3) is 2.46. The van der Waals surface area contributed by atoms with Crippen molar-refractivity contribution in [2.45, 2.75) is 13.8 Å². The number of aryl methyl sites for hydroxylation is 2. The van der Waals surface area contributed by atoms with Crippen LogP contribution in [0.5, 0.6) is 0 Å². The highest BCUT2D eigenvalue weighted by molar-refractivity contribution is 7.99. The maximum atomic E-state index is 12.7. The van der Waals surface area contributed by atoms with Crippen molar-refractivity contribution in [3.63, 3.8) is 0 Å². The summed E-state index contributed by atoms with van der Waals surface area (Å²) in [6.45, 7) is 5.95. The molecular weight excluding hydrogens is 290 g/mol. The molecule has 0 bridgehead atoms. The van der Waals surface area contributed by atoms with Gasteiger partial charge in [0.05, 0.1) is 10.6 Å². The van der Waals surface area contributed by atoms with E-state index in [2.05, 4.69) is 12.0 Å². The van der Waals surface area contributed by atoms with Crippen LogP contribution < -0.4 is 0 Å². The van der Waals surface area contributed by atoms with E-state index in [0.29, 0.717) is 5.92 Å². The van der Waals surface area contributed by atoms with Gasteiger partial charge in [-0.05, 0) is 24.7 Å². The highest BCUT2D eigenvalue weighted by Gasteiger charge is 2.23. The number of hydrogen-bond donors (Lipinski definition) is 0. The summed E-state index contributed by atoms with van der Waals surface area (Å²) in [5.41, 5.74) is 0.998. The highest BCUT2D eigenvalue weighted by Crippen LogP contribution is 2.29. The van der Waals surface area contributed by atoms with E-state index in [1.807, 2.05) is 41.4 Å². The number of carbonyl (C=O) groups is 1. The lowest BCUT2D eigenvalue weighted by Crippen LogP contribution is -2.34. The third-order valence-corrected chi connectivity index (χ3v) is 6.10. The lowest BCUT2D eigenvalue weighted by atomic mass is 10.2. The number of thiophene rings is 1. The minimum absolute atomic E-state index is 0.181. The van der Waals surface area contributed by atoms with Gasteiger partial charge in [0.25, 0.3) is 5.91 Å². The lowest BCUT2D eigenvalue weighted by molar-refractivity contribution is 0.0756. The van der Waals surface area contributed by atoms with Gasteiger partial charge in [-0.15, -0.1) is 11.3 Å². The largest absolute Gasteiger partial charge is 0.337 e. The number of rotatable bonds is 1. The van der Waals surface area contributed by atoms with Crippen molar-refractivity contribution in [1.82, 2.24) is 14.7 Å². The Hall–Kier alpha value is -1.01. The Balaban J connectivity index is 1.89. The van der Waals surface area contributed by atoms with Gasteiger partial charge < -0.3 is 4.90 Å². The zero-order valence-corrected chi connectivity index (χ0v) is 13.7. The van der Waals surface area contributed by atoms with Crippen molar-refractivity contribution in [2.75, 3.05) is 24.6 Å². The number of aromatic nitrogens is 2. The van der Waals surface area contributed by atoms with Crippen LogP contribution >= 0.6 is 23.1 Å². The molecule has 0 N–H and O–H groups in total. The predicted molar refractivity (Wildman–Crippen MR) is 85.7 cm³/mol. The van der Waals surface area contributed by atoms with E-state index in [4.69, 9.17) is 0 Å². The first-order valence-corrected chi connectivity index (χ1v) is 8.83. The van der Waals surface area contributed by atoms with Gasteiger partial charge in [-0.3, -0.25) is 9.48 Å². The molecule has 0 radical (unpaired) electrons. The summed E-state index contributed by atoms with van der Waals surface area (Å²) >= 11 is 3.50. The quantitative estimate of drug-likeness (QED) is 0.813. The molecule has 1 aliphatic heterocycles. The molecule has 0 aromatic carbocycles. The van der Waals surface area contributed by atoms with E-state index >= 15 is 0 Å². The molecule has 108 valence electrons. The molecule has 6 heteroatoms. The van der Waals surface area contributed by atoms with Crippen LogP contribution in [0.25, 0.3) is 10.2 Å². The van der Waals surface area contributed by atoms with Crippen LogP contribution in [0.4, 0.5) is 0 Å². The Morgan fingerprint density at radius 2 is 2.30 bits per heavy atom. The van der Waals surface area contributed by atoms with E-state index < -0.39 is 0 Å². The van der Waals surface area contributed by atoms with E-state index in [1.165, 1.54) is 0 Å². The van der Waals surface area contributed by atoms with Crippen LogP contribution in [-0.2, 0) is 7.05 Å². The minimum atomic E-state index is 0.181. The summed E-state index contributed by atoms with van der Waals surface area (Å²) in [7, 11) is 1.94. The Morgan fingerprint density at radius 1 is 1.50 bits per heavy atom. The molecule has 3 rings (SSSR count). The standard InChI is InChI=1S/C14H19N3OS2/c1-9-7-17(4-5-19-8-9)13(18)12-6-11-10(2)15-16(3)14(11)20-12/h6,9H,4-5,7-8H2,1-3H3. The Kier molecular flexibility index (Phi) is 3.77. The summed E-state index contributed by atoms with van der Waals surface area (Å²) in [5.74, 6) is 2.95. The maximum absolute atomic E-state index is 12.7. The first-order chi connectivity index (χ1) is 9.56. The number of nitrogens with zero attached hydrogens (tertiary/aromatic N) is 3. The van der Waals surface area contributed by atoms with Gasteiger partial charge in [0.2, 0.25) is 0 Å². The first kappa shape index (κ1) is 13.9. The summed E-state index contributed by atoms with van der Waals surface area (Å²) < 4.78 is 1.87. The molecular formula is C14H19N3OS2. The molecule has 1 unspecified atom stereocenters. The molecule has 1 saturated heterocycles. The number of thioether (sulfide) groups is 1. The van der Waals surface area contributed by atoms with Crippen molar-refractivity contribution >= 4 is 39.2 Å². The number of fused-ring (bicyclic) bond motifs is 1. The maximum Gasteiger partial charge on any atom is 0.264 e. The van der Waals surface area contributed by atoms with Gasteiger partial charge in [0, 0.05) is 31.3 Å². The Bertz CT molecular complexity index is 612. The second-order valence-electron chi connectivity index (χ2n) is 5.47. The third-order valence-electron chi connectivity index (χ3n) is 3.63. The predicted octanol–water partition coefficient (Wildman–Crippen LogP) is 2.77. The van der Waals surface area contributed by atoms with Gasteiger partial charge in [0.1, 0.15) is 4.83 Å². The Morgan fingerprint density at radius 3 is 3.05 bits per heavy atom. The van der Waals surface area contributed by atoms with Gasteiger partial charge in [-0.1, -0.05) is 6.92 Å². The molecule has 1 fully saturated rings. The summed E-state index contributed by atoms with van der Waals surface area (Å²) in [6, 6.07) is 2.01. The second kappa shape index (κ2) is 5.41. The summed E-state index contributed by atoms with van der Waals surface area (Å²) in [6.07, 6.45) is 0. The average Bonchev–Trinajstić information content (AvgIpc) is 2.87. The summed E-state index contributed by atoms with van der Waals surface area (Å²) in [4.78, 5) is 16.6. The van der Waals surface area contributed by atoms with E-state index in [0.717, 1.165) is 45.4 Å². The monoisotopic (exact) mass is 309 g/mol. The molecule has 2 aromatic heterocycles. The molecule has 1 aliphatic rings. The van der Waals surface area contributed by atoms with Gasteiger partial charge in [-0.2, -0.15) is 16.9 Å². The van der Waals surface area contributed by atoms with Crippen molar-refractivity contribution in [1.29, 1.82) is 0 Å². The molecule has 3 heterocycles. The Labute approximate surface area is 127 Å². The van der Waals surface area contributed by atoms with Crippen LogP contribution in [0.15, 0.2) is 6.07 Å². The van der Waals surface area contributed by atoms with Crippen molar-refractivity contribution < 1.29 is 4.79 Å². The van der Waals surface area contributed by atoms with E-state index in [-0.39, 0.29) is 5.91 Å². The molecule has 0 saturated carbocycles. The minimum Gasteiger partial charge on any atom is -0.337 e. The fourth-order valence-corrected chi connectivity index (χ4v) is 4.75. The van der Waals surface area contributed by atoms with Crippen LogP contribution in [0.3, 0.4) is 0 Å². The fourth-order valence-electron chi connectivity index (χ4n) is 2.63. The molecule has 4 nitrogen and oxygen atoms in total. The summed E-state index contributed by atoms with van der Waals surface area (Å²) in [5, 5.41) is 5.50. The first-order valence-electron chi connectivity index (χ1n) is 6.86. The van der Waals surface area contributed by atoms with Gasteiger partial charge >= 0.3 is 0 Å². The topological polar surface area (TPSA) is 38.1 Å². The lowest BCUT2D eigenvalue weighted by Gasteiger charge is -2.21. The molecule has 2 aromatic rings. The smallest absolute Gasteiger partial charge is 0.264 e. The van der Waals surface area contributed by atoms with Crippen LogP contribution in [0.1, 0.15) is 22.3 Å². The van der Waals surface area contributed by atoms with Crippen LogP contribution in [-0.4, -0.2) is 45.2 Å². The second-order valence-corrected chi connectivity index (χ2v) is 7.65. The average molecular weight is 309 g/mol. The number of hydrogen-bond acceptors (Lipinski definition) is 4. The van der Waals surface area contributed by atoms with Gasteiger partial charge in [-0.25, -0.2) is 0 Å². The SMILES string of the molecule is Cc1nn(C)c2sc(C(=O)N3CCSCC(C)C3)cc12. The number of amides is 1. The molecule has 0 aliphatic carbocycles. The van der Waals surface area contributed by atoms with Crippen molar-refractivity contribution in [2.24, 2.45) is 13.0 Å². The molecule has 1 amide bonds. The van der Waals surface area contributed by atoms with Gasteiger partial charge in [0.15, 0.2) is 0 Å². The van der Waals surface area contributed by atoms with Crippen molar-refractivity contribution in [3.8, 4) is 0 Å². The fraction of sp³-hybridized carbons (Fsp3) is 0.571. The normalized spacial score (nSPS) is 20.4. The number of carbonyl (C=O) groups excluding carboxylic acids is 1. The van der Waals surface area contributed by atoms with Crippen LogP contribution in [0, 0.1) is 12.8 Å².